The largest absolute Gasteiger partial charge is 0.481 e. The Bertz CT molecular complexity index is 342. The first-order valence-corrected chi connectivity index (χ1v) is 10.9. The van der Waals surface area contributed by atoms with Crippen LogP contribution in [0.15, 0.2) is 17.3 Å². The van der Waals surface area contributed by atoms with Crippen molar-refractivity contribution in [2.24, 2.45) is 4.99 Å². The summed E-state index contributed by atoms with van der Waals surface area (Å²) in [5.74, 6) is -0.653. The summed E-state index contributed by atoms with van der Waals surface area (Å²) < 4.78 is 0. The van der Waals surface area contributed by atoms with E-state index in [0.29, 0.717) is 6.42 Å². The summed E-state index contributed by atoms with van der Waals surface area (Å²) in [5.41, 5.74) is 0. The van der Waals surface area contributed by atoms with Crippen LogP contribution in [0.25, 0.3) is 0 Å². The summed E-state index contributed by atoms with van der Waals surface area (Å²) in [6.07, 6.45) is 25.7. The Labute approximate surface area is 161 Å². The summed E-state index contributed by atoms with van der Waals surface area (Å²) in [4.78, 5) is 14.2. The van der Waals surface area contributed by atoms with Gasteiger partial charge in [-0.15, -0.1) is 0 Å². The number of aliphatic imine (C=N–C) groups is 1. The molecule has 0 fully saturated rings. The first kappa shape index (κ1) is 24.7. The lowest BCUT2D eigenvalue weighted by Gasteiger charge is -2.03. The molecule has 0 saturated heterocycles. The topological polar surface area (TPSA) is 61.7 Å². The second kappa shape index (κ2) is 21.7. The lowest BCUT2D eigenvalue weighted by Crippen LogP contribution is -2.06. The molecule has 0 unspecified atom stereocenters. The molecule has 0 radical (unpaired) electrons. The molecule has 0 aliphatic carbocycles. The highest BCUT2D eigenvalue weighted by molar-refractivity contribution is 5.71. The first-order chi connectivity index (χ1) is 12.8. The summed E-state index contributed by atoms with van der Waals surface area (Å²) in [7, 11) is 0. The van der Waals surface area contributed by atoms with E-state index in [2.05, 4.69) is 17.2 Å². The van der Waals surface area contributed by atoms with Crippen molar-refractivity contribution in [2.75, 3.05) is 6.67 Å². The van der Waals surface area contributed by atoms with E-state index < -0.39 is 5.97 Å². The first-order valence-electron chi connectivity index (χ1n) is 10.9. The van der Waals surface area contributed by atoms with Crippen molar-refractivity contribution in [1.29, 1.82) is 0 Å². The van der Waals surface area contributed by atoms with Crippen molar-refractivity contribution in [3.8, 4) is 0 Å². The lowest BCUT2D eigenvalue weighted by atomic mass is 10.0. The molecule has 1 aliphatic rings. The Hall–Kier alpha value is -1.32. The highest BCUT2D eigenvalue weighted by Crippen LogP contribution is 2.13. The van der Waals surface area contributed by atoms with Gasteiger partial charge in [-0.25, -0.2) is 0 Å². The number of hydrogen-bond donors (Lipinski definition) is 2. The zero-order valence-electron chi connectivity index (χ0n) is 17.1. The third kappa shape index (κ3) is 22.7. The minimum absolute atomic E-state index is 0.345. The SMILES string of the molecule is C1=CNCN=C1.CCCCCCCCCCCCCCCCCC(=O)O. The zero-order valence-corrected chi connectivity index (χ0v) is 17.1. The molecule has 0 spiro atoms. The number of carboxylic acid groups (broad SMARTS) is 1. The van der Waals surface area contributed by atoms with Crippen LogP contribution >= 0.6 is 0 Å². The third-order valence-electron chi connectivity index (χ3n) is 4.58. The predicted octanol–water partition coefficient (Wildman–Crippen LogP) is 6.46. The van der Waals surface area contributed by atoms with Gasteiger partial charge >= 0.3 is 5.97 Å². The Morgan fingerprint density at radius 2 is 1.31 bits per heavy atom. The van der Waals surface area contributed by atoms with E-state index >= 15 is 0 Å². The van der Waals surface area contributed by atoms with E-state index in [1.807, 2.05) is 12.3 Å². The Balaban J connectivity index is 0.000000867. The monoisotopic (exact) mass is 366 g/mol. The van der Waals surface area contributed by atoms with E-state index in [-0.39, 0.29) is 0 Å². The smallest absolute Gasteiger partial charge is 0.303 e. The van der Waals surface area contributed by atoms with Crippen LogP contribution in [0, 0.1) is 0 Å². The van der Waals surface area contributed by atoms with Gasteiger partial charge in [-0.3, -0.25) is 9.79 Å². The number of nitrogens with one attached hydrogen (secondary N) is 1. The summed E-state index contributed by atoms with van der Waals surface area (Å²) in [5, 5.41) is 11.4. The van der Waals surface area contributed by atoms with Crippen molar-refractivity contribution in [1.82, 2.24) is 5.32 Å². The fourth-order valence-corrected chi connectivity index (χ4v) is 2.98. The van der Waals surface area contributed by atoms with E-state index in [9.17, 15) is 4.79 Å². The summed E-state index contributed by atoms with van der Waals surface area (Å²) in [6, 6.07) is 0. The number of hydrogen-bond acceptors (Lipinski definition) is 3. The average molecular weight is 367 g/mol. The zero-order chi connectivity index (χ0) is 19.1. The number of allylic oxidation sites excluding steroid dienone is 1. The molecule has 0 amide bonds. The fourth-order valence-electron chi connectivity index (χ4n) is 2.98. The minimum Gasteiger partial charge on any atom is -0.481 e. The van der Waals surface area contributed by atoms with Crippen LogP contribution in [-0.2, 0) is 4.79 Å². The lowest BCUT2D eigenvalue weighted by molar-refractivity contribution is -0.137. The predicted molar refractivity (Wildman–Crippen MR) is 113 cm³/mol. The highest BCUT2D eigenvalue weighted by Gasteiger charge is 1.97. The molecule has 1 rings (SSSR count). The van der Waals surface area contributed by atoms with Crippen molar-refractivity contribution in [2.45, 2.75) is 110 Å². The summed E-state index contributed by atoms with van der Waals surface area (Å²) in [6.45, 7) is 3.00. The number of carbonyl (C=O) groups is 1. The average Bonchev–Trinajstić information content (AvgIpc) is 2.66. The fraction of sp³-hybridized carbons (Fsp3) is 0.818. The maximum absolute atomic E-state index is 10.3. The van der Waals surface area contributed by atoms with Crippen LogP contribution in [-0.4, -0.2) is 24.0 Å². The van der Waals surface area contributed by atoms with Gasteiger partial charge in [-0.05, 0) is 18.7 Å². The van der Waals surface area contributed by atoms with Crippen LogP contribution < -0.4 is 5.32 Å². The van der Waals surface area contributed by atoms with Crippen LogP contribution in [0.1, 0.15) is 110 Å². The van der Waals surface area contributed by atoms with Gasteiger partial charge in [0.25, 0.3) is 0 Å². The normalized spacial score (nSPS) is 12.3. The number of carboxylic acids is 1. The molecule has 26 heavy (non-hydrogen) atoms. The van der Waals surface area contributed by atoms with Gasteiger partial charge in [-0.1, -0.05) is 96.8 Å². The Morgan fingerprint density at radius 3 is 1.58 bits per heavy atom. The maximum atomic E-state index is 10.3. The van der Waals surface area contributed by atoms with Crippen molar-refractivity contribution >= 4 is 12.2 Å². The van der Waals surface area contributed by atoms with Crippen LogP contribution in [0.4, 0.5) is 0 Å². The second-order valence-corrected chi connectivity index (χ2v) is 7.15. The van der Waals surface area contributed by atoms with Crippen LogP contribution in [0.3, 0.4) is 0 Å². The molecule has 1 heterocycles. The molecule has 0 atom stereocenters. The number of unbranched alkanes of at least 4 members (excludes halogenated alkanes) is 14. The van der Waals surface area contributed by atoms with Crippen LogP contribution in [0.5, 0.6) is 0 Å². The van der Waals surface area contributed by atoms with E-state index in [1.165, 1.54) is 83.5 Å². The van der Waals surface area contributed by atoms with Gasteiger partial charge in [0.15, 0.2) is 0 Å². The quantitative estimate of drug-likeness (QED) is 0.308. The minimum atomic E-state index is -0.653. The molecule has 0 saturated carbocycles. The Kier molecular flexibility index (Phi) is 20.6. The van der Waals surface area contributed by atoms with Gasteiger partial charge in [0, 0.05) is 12.6 Å². The highest BCUT2D eigenvalue weighted by atomic mass is 16.4. The van der Waals surface area contributed by atoms with Crippen molar-refractivity contribution < 1.29 is 9.90 Å². The van der Waals surface area contributed by atoms with E-state index in [1.54, 1.807) is 6.21 Å². The van der Waals surface area contributed by atoms with Gasteiger partial charge in [0.05, 0.1) is 0 Å². The third-order valence-corrected chi connectivity index (χ3v) is 4.58. The number of nitrogens with zero attached hydrogens (tertiary/aromatic N) is 1. The molecule has 152 valence electrons. The second-order valence-electron chi connectivity index (χ2n) is 7.15. The molecule has 0 aromatic heterocycles. The molecular weight excluding hydrogens is 324 g/mol. The van der Waals surface area contributed by atoms with E-state index in [0.717, 1.165) is 19.5 Å². The standard InChI is InChI=1S/C18H36O2.C4H6N2/c1-2-3-4-5-6-7-8-9-10-11-12-13-14-15-16-17-18(19)20;1-2-5-4-6-3-1/h2-17H2,1H3,(H,19,20);1-3,5H,4H2. The van der Waals surface area contributed by atoms with Crippen molar-refractivity contribution in [3.63, 3.8) is 0 Å². The van der Waals surface area contributed by atoms with Gasteiger partial charge < -0.3 is 10.4 Å². The number of aliphatic carboxylic acids is 1. The number of rotatable bonds is 16. The molecule has 0 bridgehead atoms. The van der Waals surface area contributed by atoms with E-state index in [4.69, 9.17) is 5.11 Å². The molecule has 4 nitrogen and oxygen atoms in total. The molecule has 0 aromatic carbocycles. The summed E-state index contributed by atoms with van der Waals surface area (Å²) >= 11 is 0. The Morgan fingerprint density at radius 1 is 0.846 bits per heavy atom. The van der Waals surface area contributed by atoms with Crippen molar-refractivity contribution in [3.05, 3.63) is 12.3 Å². The molecule has 4 heteroatoms. The molecule has 1 aliphatic heterocycles. The molecular formula is C22H42N2O2. The molecule has 2 N–H and O–H groups in total. The van der Waals surface area contributed by atoms with Gasteiger partial charge in [0.1, 0.15) is 6.67 Å². The molecule has 0 aromatic rings. The maximum Gasteiger partial charge on any atom is 0.303 e. The van der Waals surface area contributed by atoms with Gasteiger partial charge in [0.2, 0.25) is 0 Å². The van der Waals surface area contributed by atoms with Crippen LogP contribution in [0.2, 0.25) is 0 Å². The van der Waals surface area contributed by atoms with Gasteiger partial charge in [-0.2, -0.15) is 0 Å².